The van der Waals surface area contributed by atoms with Crippen LogP contribution in [0.5, 0.6) is 0 Å². The van der Waals surface area contributed by atoms with Gasteiger partial charge in [0, 0.05) is 16.5 Å². The van der Waals surface area contributed by atoms with E-state index in [4.69, 9.17) is 11.6 Å². The van der Waals surface area contributed by atoms with Crippen LogP contribution < -0.4 is 0 Å². The van der Waals surface area contributed by atoms with Crippen molar-refractivity contribution in [2.24, 2.45) is 0 Å². The fourth-order valence-corrected chi connectivity index (χ4v) is 3.68. The van der Waals surface area contributed by atoms with Crippen molar-refractivity contribution < 1.29 is 9.59 Å². The third-order valence-electron chi connectivity index (χ3n) is 3.81. The third kappa shape index (κ3) is 3.55. The Hall–Kier alpha value is -2.30. The van der Waals surface area contributed by atoms with Crippen LogP contribution in [-0.2, 0) is 9.59 Å². The lowest BCUT2D eigenvalue weighted by atomic mass is 10.0. The Bertz CT molecular complexity index is 870. The van der Waals surface area contributed by atoms with Crippen molar-refractivity contribution in [3.05, 3.63) is 82.2 Å². The van der Waals surface area contributed by atoms with Gasteiger partial charge in [-0.25, -0.2) is 0 Å². The van der Waals surface area contributed by atoms with E-state index in [0.29, 0.717) is 15.5 Å². The maximum absolute atomic E-state index is 12.8. The Balaban J connectivity index is 2.06. The van der Waals surface area contributed by atoms with Crippen LogP contribution in [-0.4, -0.2) is 23.3 Å². The van der Waals surface area contributed by atoms with Crippen LogP contribution in [0.25, 0.3) is 5.57 Å². The maximum Gasteiger partial charge on any atom is 0.268 e. The van der Waals surface area contributed by atoms with Gasteiger partial charge < -0.3 is 0 Å². The molecule has 0 spiro atoms. The van der Waals surface area contributed by atoms with Gasteiger partial charge in [-0.1, -0.05) is 59.3 Å². The van der Waals surface area contributed by atoms with Crippen LogP contribution in [0.1, 0.15) is 11.1 Å². The zero-order chi connectivity index (χ0) is 18.0. The molecule has 1 aliphatic rings. The standard InChI is InChI=1S/C20H16ClNO2S/c1-3-12-22-19(23)17(14-6-4-13(2)5-7-14)18(20(22)24)25-16-10-8-15(21)9-11-16/h3-11H,1,12H2,2H3. The zero-order valence-corrected chi connectivity index (χ0v) is 15.2. The van der Waals surface area contributed by atoms with Crippen molar-refractivity contribution in [2.45, 2.75) is 11.8 Å². The lowest BCUT2D eigenvalue weighted by Gasteiger charge is -2.12. The summed E-state index contributed by atoms with van der Waals surface area (Å²) >= 11 is 7.21. The maximum atomic E-state index is 12.8. The van der Waals surface area contributed by atoms with Crippen LogP contribution in [0.15, 0.2) is 71.0 Å². The summed E-state index contributed by atoms with van der Waals surface area (Å²) in [6, 6.07) is 14.8. The molecule has 0 N–H and O–H groups in total. The lowest BCUT2D eigenvalue weighted by Crippen LogP contribution is -2.31. The number of imide groups is 1. The van der Waals surface area contributed by atoms with Crippen LogP contribution in [0.2, 0.25) is 5.02 Å². The van der Waals surface area contributed by atoms with Crippen LogP contribution in [0, 0.1) is 6.92 Å². The molecule has 0 radical (unpaired) electrons. The van der Waals surface area contributed by atoms with Gasteiger partial charge in [-0.05, 0) is 36.8 Å². The van der Waals surface area contributed by atoms with E-state index < -0.39 is 0 Å². The molecule has 0 atom stereocenters. The molecule has 0 aliphatic carbocycles. The Morgan fingerprint density at radius 3 is 2.28 bits per heavy atom. The van der Waals surface area contributed by atoms with E-state index >= 15 is 0 Å². The van der Waals surface area contributed by atoms with E-state index in [-0.39, 0.29) is 18.4 Å². The number of halogens is 1. The smallest absolute Gasteiger partial charge is 0.268 e. The monoisotopic (exact) mass is 369 g/mol. The number of benzene rings is 2. The van der Waals surface area contributed by atoms with Crippen LogP contribution in [0.3, 0.4) is 0 Å². The highest BCUT2D eigenvalue weighted by Crippen LogP contribution is 2.39. The molecule has 3 rings (SSSR count). The normalized spacial score (nSPS) is 14.4. The van der Waals surface area contributed by atoms with Crippen molar-refractivity contribution >= 4 is 40.8 Å². The molecule has 126 valence electrons. The first-order valence-electron chi connectivity index (χ1n) is 7.73. The first-order chi connectivity index (χ1) is 12.0. The number of carbonyl (C=O) groups excluding carboxylic acids is 2. The molecule has 2 aromatic rings. The Labute approximate surface area is 156 Å². The van der Waals surface area contributed by atoms with Gasteiger partial charge in [0.25, 0.3) is 11.8 Å². The van der Waals surface area contributed by atoms with E-state index in [1.807, 2.05) is 43.3 Å². The highest BCUT2D eigenvalue weighted by atomic mass is 35.5. The fourth-order valence-electron chi connectivity index (χ4n) is 2.54. The van der Waals surface area contributed by atoms with E-state index in [2.05, 4.69) is 6.58 Å². The second kappa shape index (κ2) is 7.30. The summed E-state index contributed by atoms with van der Waals surface area (Å²) in [6.07, 6.45) is 1.55. The van der Waals surface area contributed by atoms with E-state index in [1.165, 1.54) is 16.7 Å². The number of carbonyl (C=O) groups is 2. The predicted octanol–water partition coefficient (Wildman–Crippen LogP) is 4.71. The molecule has 3 nitrogen and oxygen atoms in total. The number of hydrogen-bond acceptors (Lipinski definition) is 3. The Morgan fingerprint density at radius 2 is 1.68 bits per heavy atom. The summed E-state index contributed by atoms with van der Waals surface area (Å²) in [5.74, 6) is -0.578. The molecule has 1 heterocycles. The van der Waals surface area contributed by atoms with Gasteiger partial charge in [0.2, 0.25) is 0 Å². The molecule has 2 aromatic carbocycles. The van der Waals surface area contributed by atoms with E-state index in [0.717, 1.165) is 16.0 Å². The summed E-state index contributed by atoms with van der Waals surface area (Å²) in [6.45, 7) is 5.81. The summed E-state index contributed by atoms with van der Waals surface area (Å²) < 4.78 is 0. The molecular formula is C20H16ClNO2S. The molecule has 5 heteroatoms. The molecule has 0 saturated heterocycles. The van der Waals surface area contributed by atoms with Gasteiger partial charge in [0.1, 0.15) is 0 Å². The van der Waals surface area contributed by atoms with Gasteiger partial charge >= 0.3 is 0 Å². The highest BCUT2D eigenvalue weighted by molar-refractivity contribution is 8.04. The largest absolute Gasteiger partial charge is 0.270 e. The molecule has 25 heavy (non-hydrogen) atoms. The number of nitrogens with zero attached hydrogens (tertiary/aromatic N) is 1. The Morgan fingerprint density at radius 1 is 1.04 bits per heavy atom. The summed E-state index contributed by atoms with van der Waals surface area (Å²) in [4.78, 5) is 28.1. The topological polar surface area (TPSA) is 37.4 Å². The van der Waals surface area contributed by atoms with Gasteiger partial charge in [-0.15, -0.1) is 6.58 Å². The fraction of sp³-hybridized carbons (Fsp3) is 0.100. The number of rotatable bonds is 5. The predicted molar refractivity (Wildman–Crippen MR) is 102 cm³/mol. The molecule has 0 bridgehead atoms. The molecule has 0 saturated carbocycles. The molecule has 0 fully saturated rings. The minimum absolute atomic E-state index is 0.192. The number of amides is 2. The average Bonchev–Trinajstić information content (AvgIpc) is 2.83. The van der Waals surface area contributed by atoms with Crippen LogP contribution in [0.4, 0.5) is 0 Å². The first kappa shape index (κ1) is 17.5. The zero-order valence-electron chi connectivity index (χ0n) is 13.7. The quantitative estimate of drug-likeness (QED) is 0.566. The minimum Gasteiger partial charge on any atom is -0.270 e. The molecule has 2 amide bonds. The van der Waals surface area contributed by atoms with Gasteiger partial charge in [-0.3, -0.25) is 14.5 Å². The van der Waals surface area contributed by atoms with Crippen molar-refractivity contribution in [1.29, 1.82) is 0 Å². The van der Waals surface area contributed by atoms with Crippen LogP contribution >= 0.6 is 23.4 Å². The number of thioether (sulfide) groups is 1. The van der Waals surface area contributed by atoms with Crippen molar-refractivity contribution in [2.75, 3.05) is 6.54 Å². The van der Waals surface area contributed by atoms with Gasteiger partial charge in [0.15, 0.2) is 0 Å². The van der Waals surface area contributed by atoms with Crippen molar-refractivity contribution in [1.82, 2.24) is 4.90 Å². The van der Waals surface area contributed by atoms with E-state index in [1.54, 1.807) is 18.2 Å². The molecular weight excluding hydrogens is 354 g/mol. The first-order valence-corrected chi connectivity index (χ1v) is 8.92. The third-order valence-corrected chi connectivity index (χ3v) is 5.15. The number of aryl methyl sites for hydroxylation is 1. The minimum atomic E-state index is -0.291. The van der Waals surface area contributed by atoms with Crippen molar-refractivity contribution in [3.63, 3.8) is 0 Å². The van der Waals surface area contributed by atoms with E-state index in [9.17, 15) is 9.59 Å². The molecule has 0 unspecified atom stereocenters. The molecule has 1 aliphatic heterocycles. The number of hydrogen-bond donors (Lipinski definition) is 0. The molecule has 0 aromatic heterocycles. The average molecular weight is 370 g/mol. The van der Waals surface area contributed by atoms with Gasteiger partial charge in [0.05, 0.1) is 10.5 Å². The second-order valence-electron chi connectivity index (χ2n) is 5.64. The summed E-state index contributed by atoms with van der Waals surface area (Å²) in [7, 11) is 0. The summed E-state index contributed by atoms with van der Waals surface area (Å²) in [5.41, 5.74) is 2.27. The summed E-state index contributed by atoms with van der Waals surface area (Å²) in [5, 5.41) is 0.624. The Kier molecular flexibility index (Phi) is 5.11. The highest BCUT2D eigenvalue weighted by Gasteiger charge is 2.38. The van der Waals surface area contributed by atoms with Crippen molar-refractivity contribution in [3.8, 4) is 0 Å². The van der Waals surface area contributed by atoms with Gasteiger partial charge in [-0.2, -0.15) is 0 Å². The lowest BCUT2D eigenvalue weighted by molar-refractivity contribution is -0.135. The SMILES string of the molecule is C=CCN1C(=O)C(Sc2ccc(Cl)cc2)=C(c2ccc(C)cc2)C1=O. The second-order valence-corrected chi connectivity index (χ2v) is 7.16.